The average molecular weight is 275 g/mol. The number of hydrogen-bond donors (Lipinski definition) is 1. The van der Waals surface area contributed by atoms with Crippen LogP contribution in [0.1, 0.15) is 6.42 Å². The van der Waals surface area contributed by atoms with E-state index < -0.39 is 6.10 Å². The second-order valence-corrected chi connectivity index (χ2v) is 4.50. The molecule has 106 valence electrons. The highest BCUT2D eigenvalue weighted by molar-refractivity contribution is 5.76. The molecule has 6 heteroatoms. The first kappa shape index (κ1) is 14.2. The zero-order chi connectivity index (χ0) is 14.4. The molecule has 1 aliphatic rings. The van der Waals surface area contributed by atoms with E-state index >= 15 is 0 Å². The number of morpholine rings is 1. The van der Waals surface area contributed by atoms with Gasteiger partial charge in [-0.25, -0.2) is 0 Å². The quantitative estimate of drug-likeness (QED) is 0.821. The lowest BCUT2D eigenvalue weighted by molar-refractivity contribution is -0.137. The molecule has 1 atom stereocenters. The maximum atomic E-state index is 12.0. The van der Waals surface area contributed by atoms with E-state index in [0.717, 1.165) is 0 Å². The number of benzene rings is 1. The molecule has 1 heterocycles. The van der Waals surface area contributed by atoms with Crippen LogP contribution in [0.4, 0.5) is 5.69 Å². The molecule has 6 nitrogen and oxygen atoms in total. The monoisotopic (exact) mass is 275 g/mol. The van der Waals surface area contributed by atoms with Crippen molar-refractivity contribution >= 4 is 11.6 Å². The molecule has 1 aromatic carbocycles. The SMILES string of the molecule is N#CC1CN(C(=O)CCOc2ccc(N)cc2)CCO1. The van der Waals surface area contributed by atoms with E-state index in [1.165, 1.54) is 0 Å². The molecule has 2 rings (SSSR count). The lowest BCUT2D eigenvalue weighted by atomic mass is 10.2. The summed E-state index contributed by atoms with van der Waals surface area (Å²) in [6, 6.07) is 9.04. The van der Waals surface area contributed by atoms with Crippen molar-refractivity contribution in [3.63, 3.8) is 0 Å². The Morgan fingerprint density at radius 1 is 1.50 bits per heavy atom. The third-order valence-electron chi connectivity index (χ3n) is 3.03. The standard InChI is InChI=1S/C14H17N3O3/c15-9-13-10-17(6-8-20-13)14(18)5-7-19-12-3-1-11(16)2-4-12/h1-4,13H,5-8,10,16H2. The number of carbonyl (C=O) groups excluding carboxylic acids is 1. The molecule has 1 fully saturated rings. The Kier molecular flexibility index (Phi) is 4.80. The number of amides is 1. The first-order chi connectivity index (χ1) is 9.69. The highest BCUT2D eigenvalue weighted by Crippen LogP contribution is 2.13. The van der Waals surface area contributed by atoms with Crippen LogP contribution in [0.5, 0.6) is 5.75 Å². The molecule has 2 N–H and O–H groups in total. The molecule has 0 aromatic heterocycles. The van der Waals surface area contributed by atoms with Crippen LogP contribution < -0.4 is 10.5 Å². The number of nitrogen functional groups attached to an aromatic ring is 1. The van der Waals surface area contributed by atoms with Crippen molar-refractivity contribution < 1.29 is 14.3 Å². The molecule has 0 bridgehead atoms. The van der Waals surface area contributed by atoms with E-state index in [1.54, 1.807) is 29.2 Å². The summed E-state index contributed by atoms with van der Waals surface area (Å²) in [6.07, 6.45) is -0.242. The minimum Gasteiger partial charge on any atom is -0.493 e. The van der Waals surface area contributed by atoms with Gasteiger partial charge in [-0.1, -0.05) is 0 Å². The van der Waals surface area contributed by atoms with E-state index in [1.807, 2.05) is 6.07 Å². The molecule has 1 aliphatic heterocycles. The molecule has 20 heavy (non-hydrogen) atoms. The minimum atomic E-state index is -0.522. The van der Waals surface area contributed by atoms with Gasteiger partial charge < -0.3 is 20.1 Å². The van der Waals surface area contributed by atoms with Gasteiger partial charge in [-0.3, -0.25) is 4.79 Å². The van der Waals surface area contributed by atoms with Crippen LogP contribution in [0.3, 0.4) is 0 Å². The maximum absolute atomic E-state index is 12.0. The molecule has 1 amide bonds. The topological polar surface area (TPSA) is 88.6 Å². The first-order valence-corrected chi connectivity index (χ1v) is 6.46. The Hall–Kier alpha value is -2.26. The molecule has 1 aromatic rings. The number of anilines is 1. The van der Waals surface area contributed by atoms with Gasteiger partial charge in [0.1, 0.15) is 5.75 Å². The Morgan fingerprint density at radius 3 is 2.95 bits per heavy atom. The van der Waals surface area contributed by atoms with Crippen molar-refractivity contribution in [2.24, 2.45) is 0 Å². The molecular weight excluding hydrogens is 258 g/mol. The Labute approximate surface area is 117 Å². The van der Waals surface area contributed by atoms with Crippen molar-refractivity contribution in [2.75, 3.05) is 32.0 Å². The summed E-state index contributed by atoms with van der Waals surface area (Å²) < 4.78 is 10.7. The molecule has 0 spiro atoms. The van der Waals surface area contributed by atoms with Gasteiger partial charge >= 0.3 is 0 Å². The summed E-state index contributed by atoms with van der Waals surface area (Å²) in [5.74, 6) is 0.660. The number of nitriles is 1. The summed E-state index contributed by atoms with van der Waals surface area (Å²) in [5.41, 5.74) is 6.24. The summed E-state index contributed by atoms with van der Waals surface area (Å²) >= 11 is 0. The van der Waals surface area contributed by atoms with E-state index in [0.29, 0.717) is 37.7 Å². The summed E-state index contributed by atoms with van der Waals surface area (Å²) in [6.45, 7) is 1.57. The zero-order valence-corrected chi connectivity index (χ0v) is 11.1. The highest BCUT2D eigenvalue weighted by Gasteiger charge is 2.23. The molecule has 1 saturated heterocycles. The fourth-order valence-corrected chi connectivity index (χ4v) is 1.93. The van der Waals surface area contributed by atoms with Crippen LogP contribution in [-0.2, 0) is 9.53 Å². The van der Waals surface area contributed by atoms with Crippen LogP contribution in [0, 0.1) is 11.3 Å². The molecule has 1 unspecified atom stereocenters. The zero-order valence-electron chi connectivity index (χ0n) is 11.1. The predicted molar refractivity (Wildman–Crippen MR) is 72.9 cm³/mol. The maximum Gasteiger partial charge on any atom is 0.226 e. The third kappa shape index (κ3) is 3.87. The van der Waals surface area contributed by atoms with Gasteiger partial charge in [-0.05, 0) is 24.3 Å². The fourth-order valence-electron chi connectivity index (χ4n) is 1.93. The van der Waals surface area contributed by atoms with Gasteiger partial charge in [-0.2, -0.15) is 5.26 Å². The fraction of sp³-hybridized carbons (Fsp3) is 0.429. The Balaban J connectivity index is 1.75. The van der Waals surface area contributed by atoms with Crippen molar-refractivity contribution in [3.8, 4) is 11.8 Å². The van der Waals surface area contributed by atoms with Gasteiger partial charge in [0.05, 0.1) is 32.2 Å². The van der Waals surface area contributed by atoms with E-state index in [-0.39, 0.29) is 12.3 Å². The summed E-state index contributed by atoms with van der Waals surface area (Å²) in [4.78, 5) is 13.6. The Morgan fingerprint density at radius 2 is 2.25 bits per heavy atom. The lowest BCUT2D eigenvalue weighted by Gasteiger charge is -2.29. The molecular formula is C14H17N3O3. The van der Waals surface area contributed by atoms with Gasteiger partial charge in [-0.15, -0.1) is 0 Å². The number of hydrogen-bond acceptors (Lipinski definition) is 5. The summed E-state index contributed by atoms with van der Waals surface area (Å²) in [5, 5.41) is 8.79. The van der Waals surface area contributed by atoms with Crippen molar-refractivity contribution in [1.82, 2.24) is 4.90 Å². The third-order valence-corrected chi connectivity index (χ3v) is 3.03. The van der Waals surface area contributed by atoms with E-state index in [2.05, 4.69) is 0 Å². The average Bonchev–Trinajstić information content (AvgIpc) is 2.49. The normalized spacial score (nSPS) is 18.4. The van der Waals surface area contributed by atoms with Crippen LogP contribution in [-0.4, -0.2) is 43.2 Å². The van der Waals surface area contributed by atoms with Crippen LogP contribution in [0.2, 0.25) is 0 Å². The first-order valence-electron chi connectivity index (χ1n) is 6.46. The summed E-state index contributed by atoms with van der Waals surface area (Å²) in [7, 11) is 0. The van der Waals surface area contributed by atoms with E-state index in [4.69, 9.17) is 20.5 Å². The van der Waals surface area contributed by atoms with Crippen LogP contribution in [0.15, 0.2) is 24.3 Å². The second kappa shape index (κ2) is 6.78. The smallest absolute Gasteiger partial charge is 0.226 e. The van der Waals surface area contributed by atoms with Gasteiger partial charge in [0.15, 0.2) is 6.10 Å². The number of rotatable bonds is 4. The lowest BCUT2D eigenvalue weighted by Crippen LogP contribution is -2.45. The highest BCUT2D eigenvalue weighted by atomic mass is 16.5. The van der Waals surface area contributed by atoms with Crippen molar-refractivity contribution in [2.45, 2.75) is 12.5 Å². The van der Waals surface area contributed by atoms with Gasteiger partial charge in [0, 0.05) is 12.2 Å². The van der Waals surface area contributed by atoms with Gasteiger partial charge in [0.2, 0.25) is 5.91 Å². The van der Waals surface area contributed by atoms with E-state index in [9.17, 15) is 4.79 Å². The number of carbonyl (C=O) groups is 1. The predicted octanol–water partition coefficient (Wildman–Crippen LogP) is 0.789. The van der Waals surface area contributed by atoms with Crippen molar-refractivity contribution in [1.29, 1.82) is 5.26 Å². The number of nitrogens with zero attached hydrogens (tertiary/aromatic N) is 2. The van der Waals surface area contributed by atoms with Gasteiger partial charge in [0.25, 0.3) is 0 Å². The van der Waals surface area contributed by atoms with Crippen LogP contribution >= 0.6 is 0 Å². The van der Waals surface area contributed by atoms with Crippen molar-refractivity contribution in [3.05, 3.63) is 24.3 Å². The Bertz CT molecular complexity index is 495. The number of nitrogens with two attached hydrogens (primary N) is 1. The molecule has 0 saturated carbocycles. The number of ether oxygens (including phenoxy) is 2. The molecule has 0 radical (unpaired) electrons. The van der Waals surface area contributed by atoms with Crippen LogP contribution in [0.25, 0.3) is 0 Å². The minimum absolute atomic E-state index is 0.0241. The second-order valence-electron chi connectivity index (χ2n) is 4.50. The largest absolute Gasteiger partial charge is 0.493 e. The molecule has 0 aliphatic carbocycles.